The van der Waals surface area contributed by atoms with Gasteiger partial charge in [0.25, 0.3) is 0 Å². The van der Waals surface area contributed by atoms with E-state index in [1.165, 1.54) is 62.5 Å². The monoisotopic (exact) mass is 287 g/mol. The molecule has 0 aromatic heterocycles. The van der Waals surface area contributed by atoms with Crippen LogP contribution in [-0.2, 0) is 6.42 Å². The van der Waals surface area contributed by atoms with Gasteiger partial charge in [0.05, 0.1) is 0 Å². The SMILES string of the molecule is CCCNC(c1cccc(CCC)c1)C1(CC)CCCC1. The second kappa shape index (κ2) is 7.98. The number of benzene rings is 1. The van der Waals surface area contributed by atoms with E-state index in [4.69, 9.17) is 0 Å². The van der Waals surface area contributed by atoms with Crippen molar-refractivity contribution < 1.29 is 0 Å². The molecule has 1 fully saturated rings. The molecule has 1 unspecified atom stereocenters. The van der Waals surface area contributed by atoms with Gasteiger partial charge in [-0.3, -0.25) is 0 Å². The first-order valence-corrected chi connectivity index (χ1v) is 9.08. The van der Waals surface area contributed by atoms with Gasteiger partial charge in [0.15, 0.2) is 0 Å². The van der Waals surface area contributed by atoms with E-state index in [0.717, 1.165) is 6.54 Å². The van der Waals surface area contributed by atoms with Gasteiger partial charge in [0.2, 0.25) is 0 Å². The minimum absolute atomic E-state index is 0.486. The highest BCUT2D eigenvalue weighted by atomic mass is 14.9. The number of hydrogen-bond acceptors (Lipinski definition) is 1. The van der Waals surface area contributed by atoms with Crippen LogP contribution < -0.4 is 5.32 Å². The largest absolute Gasteiger partial charge is 0.309 e. The molecule has 1 heteroatoms. The normalized spacial score (nSPS) is 18.8. The van der Waals surface area contributed by atoms with Crippen molar-refractivity contribution >= 4 is 0 Å². The van der Waals surface area contributed by atoms with Crippen molar-refractivity contribution in [2.75, 3.05) is 6.54 Å². The minimum atomic E-state index is 0.486. The molecule has 1 nitrogen and oxygen atoms in total. The predicted octanol–water partition coefficient (Wildman–Crippen LogP) is 5.65. The molecular formula is C20H33N. The van der Waals surface area contributed by atoms with Gasteiger partial charge in [-0.2, -0.15) is 0 Å². The predicted molar refractivity (Wildman–Crippen MR) is 92.7 cm³/mol. The fourth-order valence-corrected chi connectivity index (χ4v) is 4.12. The number of rotatable bonds is 8. The van der Waals surface area contributed by atoms with E-state index < -0.39 is 0 Å². The zero-order valence-corrected chi connectivity index (χ0v) is 14.3. The topological polar surface area (TPSA) is 12.0 Å². The molecule has 1 N–H and O–H groups in total. The first-order valence-electron chi connectivity index (χ1n) is 9.08. The molecule has 1 aromatic rings. The molecule has 0 amide bonds. The highest BCUT2D eigenvalue weighted by molar-refractivity contribution is 5.28. The van der Waals surface area contributed by atoms with Crippen molar-refractivity contribution in [2.24, 2.45) is 5.41 Å². The highest BCUT2D eigenvalue weighted by Gasteiger charge is 2.40. The third-order valence-electron chi connectivity index (χ3n) is 5.34. The van der Waals surface area contributed by atoms with Gasteiger partial charge in [0, 0.05) is 6.04 Å². The molecule has 1 saturated carbocycles. The van der Waals surface area contributed by atoms with Gasteiger partial charge in [-0.05, 0) is 55.2 Å². The summed E-state index contributed by atoms with van der Waals surface area (Å²) in [6.07, 6.45) is 10.5. The van der Waals surface area contributed by atoms with E-state index >= 15 is 0 Å². The Hall–Kier alpha value is -0.820. The van der Waals surface area contributed by atoms with Crippen LogP contribution in [0.15, 0.2) is 24.3 Å². The van der Waals surface area contributed by atoms with Gasteiger partial charge < -0.3 is 5.32 Å². The third-order valence-corrected chi connectivity index (χ3v) is 5.34. The molecule has 0 aliphatic heterocycles. The minimum Gasteiger partial charge on any atom is -0.309 e. The van der Waals surface area contributed by atoms with Gasteiger partial charge >= 0.3 is 0 Å². The Morgan fingerprint density at radius 3 is 2.48 bits per heavy atom. The number of aryl methyl sites for hydroxylation is 1. The van der Waals surface area contributed by atoms with E-state index in [-0.39, 0.29) is 0 Å². The molecule has 0 heterocycles. The lowest BCUT2D eigenvalue weighted by Gasteiger charge is -2.38. The summed E-state index contributed by atoms with van der Waals surface area (Å²) in [5.41, 5.74) is 3.51. The summed E-state index contributed by atoms with van der Waals surface area (Å²) in [6.45, 7) is 8.06. The summed E-state index contributed by atoms with van der Waals surface area (Å²) in [7, 11) is 0. The van der Waals surface area contributed by atoms with E-state index in [2.05, 4.69) is 50.4 Å². The number of nitrogens with one attached hydrogen (secondary N) is 1. The molecular weight excluding hydrogens is 254 g/mol. The van der Waals surface area contributed by atoms with Crippen LogP contribution in [0.25, 0.3) is 0 Å². The van der Waals surface area contributed by atoms with Crippen LogP contribution in [0.4, 0.5) is 0 Å². The first-order chi connectivity index (χ1) is 10.3. The van der Waals surface area contributed by atoms with Crippen LogP contribution in [0, 0.1) is 5.41 Å². The van der Waals surface area contributed by atoms with Crippen molar-refractivity contribution in [2.45, 2.75) is 78.2 Å². The zero-order chi connectivity index (χ0) is 15.1. The summed E-state index contributed by atoms with van der Waals surface area (Å²) in [4.78, 5) is 0. The van der Waals surface area contributed by atoms with Crippen molar-refractivity contribution in [3.8, 4) is 0 Å². The fraction of sp³-hybridized carbons (Fsp3) is 0.700. The second-order valence-electron chi connectivity index (χ2n) is 6.81. The number of hydrogen-bond donors (Lipinski definition) is 1. The first kappa shape index (κ1) is 16.5. The van der Waals surface area contributed by atoms with Crippen LogP contribution in [0.1, 0.15) is 82.9 Å². The molecule has 2 rings (SSSR count). The van der Waals surface area contributed by atoms with E-state index in [1.54, 1.807) is 0 Å². The lowest BCUT2D eigenvalue weighted by molar-refractivity contribution is 0.187. The summed E-state index contributed by atoms with van der Waals surface area (Å²) >= 11 is 0. The fourth-order valence-electron chi connectivity index (χ4n) is 4.12. The molecule has 0 spiro atoms. The van der Waals surface area contributed by atoms with Gasteiger partial charge in [-0.15, -0.1) is 0 Å². The molecule has 1 atom stereocenters. The molecule has 1 aromatic carbocycles. The lowest BCUT2D eigenvalue weighted by atomic mass is 9.73. The summed E-state index contributed by atoms with van der Waals surface area (Å²) in [5.74, 6) is 0. The second-order valence-corrected chi connectivity index (χ2v) is 6.81. The van der Waals surface area contributed by atoms with Gasteiger partial charge in [0.1, 0.15) is 0 Å². The average molecular weight is 287 g/mol. The Morgan fingerprint density at radius 2 is 1.86 bits per heavy atom. The lowest BCUT2D eigenvalue weighted by Crippen LogP contribution is -2.36. The van der Waals surface area contributed by atoms with E-state index in [1.807, 2.05) is 0 Å². The summed E-state index contributed by atoms with van der Waals surface area (Å²) < 4.78 is 0. The Balaban J connectivity index is 2.28. The quantitative estimate of drug-likeness (QED) is 0.651. The zero-order valence-electron chi connectivity index (χ0n) is 14.3. The van der Waals surface area contributed by atoms with Crippen LogP contribution >= 0.6 is 0 Å². The van der Waals surface area contributed by atoms with Crippen LogP contribution in [0.3, 0.4) is 0 Å². The maximum Gasteiger partial charge on any atom is 0.0377 e. The third kappa shape index (κ3) is 3.88. The highest BCUT2D eigenvalue weighted by Crippen LogP contribution is 2.50. The standard InChI is InChI=1S/C20H33N/c1-4-10-17-11-9-12-18(16-17)19(21-15-5-2)20(6-3)13-7-8-14-20/h9,11-12,16,19,21H,4-8,10,13-15H2,1-3H3. The molecule has 0 radical (unpaired) electrons. The molecule has 1 aliphatic carbocycles. The van der Waals surface area contributed by atoms with Crippen molar-refractivity contribution in [3.63, 3.8) is 0 Å². The van der Waals surface area contributed by atoms with Crippen molar-refractivity contribution in [1.29, 1.82) is 0 Å². The molecule has 21 heavy (non-hydrogen) atoms. The summed E-state index contributed by atoms with van der Waals surface area (Å²) in [6, 6.07) is 9.91. The summed E-state index contributed by atoms with van der Waals surface area (Å²) in [5, 5.41) is 3.89. The Kier molecular flexibility index (Phi) is 6.29. The van der Waals surface area contributed by atoms with Crippen molar-refractivity contribution in [3.05, 3.63) is 35.4 Å². The van der Waals surface area contributed by atoms with Crippen LogP contribution in [-0.4, -0.2) is 6.54 Å². The smallest absolute Gasteiger partial charge is 0.0377 e. The van der Waals surface area contributed by atoms with Gasteiger partial charge in [-0.25, -0.2) is 0 Å². The van der Waals surface area contributed by atoms with E-state index in [0.29, 0.717) is 11.5 Å². The van der Waals surface area contributed by atoms with Crippen molar-refractivity contribution in [1.82, 2.24) is 5.32 Å². The molecule has 0 saturated heterocycles. The molecule has 1 aliphatic rings. The van der Waals surface area contributed by atoms with Gasteiger partial charge in [-0.1, -0.05) is 64.3 Å². The Labute approximate surface area is 131 Å². The molecule has 118 valence electrons. The maximum atomic E-state index is 3.89. The molecule has 0 bridgehead atoms. The Bertz CT molecular complexity index is 418. The maximum absolute atomic E-state index is 3.89. The van der Waals surface area contributed by atoms with Crippen LogP contribution in [0.2, 0.25) is 0 Å². The Morgan fingerprint density at radius 1 is 1.10 bits per heavy atom. The van der Waals surface area contributed by atoms with E-state index in [9.17, 15) is 0 Å². The van der Waals surface area contributed by atoms with Crippen LogP contribution in [0.5, 0.6) is 0 Å². The average Bonchev–Trinajstić information content (AvgIpc) is 2.98.